The first kappa shape index (κ1) is 26.7. The largest absolute Gasteiger partial charge is 0.494 e. The molecule has 0 fully saturated rings. The van der Waals surface area contributed by atoms with E-state index >= 15 is 0 Å². The number of carbonyl (C=O) groups is 1. The van der Waals surface area contributed by atoms with Gasteiger partial charge in [0.25, 0.3) is 5.91 Å². The Bertz CT molecular complexity index is 822. The van der Waals surface area contributed by atoms with Crippen LogP contribution in [0.15, 0.2) is 48.5 Å². The third-order valence-corrected chi connectivity index (χ3v) is 5.44. The van der Waals surface area contributed by atoms with Gasteiger partial charge in [-0.25, -0.2) is 0 Å². The molecule has 0 aliphatic rings. The minimum Gasteiger partial charge on any atom is -0.494 e. The van der Waals surface area contributed by atoms with Gasteiger partial charge in [-0.05, 0) is 73.6 Å². The van der Waals surface area contributed by atoms with Crippen molar-refractivity contribution in [2.75, 3.05) is 18.5 Å². The van der Waals surface area contributed by atoms with Gasteiger partial charge in [0.05, 0.1) is 13.2 Å². The Morgan fingerprint density at radius 2 is 1.21 bits per heavy atom. The molecule has 6 heteroatoms. The highest BCUT2D eigenvalue weighted by atomic mass is 32.1. The standard InChI is InChI=1S/C27H38N2O3S/c1-3-5-7-9-11-21-31-24-16-12-22(13-17-24)26(30)29-27(33)28-23-14-18-25(19-15-23)32-20-10-8-6-4-2/h12-19H,3-11,20-21H2,1-2H3,(H2,28,29,30,33). The number of nitrogens with one attached hydrogen (secondary N) is 2. The molecule has 2 aromatic rings. The van der Waals surface area contributed by atoms with Crippen LogP contribution in [0.25, 0.3) is 0 Å². The van der Waals surface area contributed by atoms with E-state index in [1.54, 1.807) is 12.1 Å². The van der Waals surface area contributed by atoms with Gasteiger partial charge in [0.1, 0.15) is 11.5 Å². The average molecular weight is 471 g/mol. The zero-order chi connectivity index (χ0) is 23.7. The van der Waals surface area contributed by atoms with Gasteiger partial charge in [-0.1, -0.05) is 58.8 Å². The summed E-state index contributed by atoms with van der Waals surface area (Å²) < 4.78 is 11.5. The molecule has 0 aromatic heterocycles. The van der Waals surface area contributed by atoms with E-state index in [1.807, 2.05) is 36.4 Å². The fourth-order valence-corrected chi connectivity index (χ4v) is 3.50. The molecule has 0 radical (unpaired) electrons. The second kappa shape index (κ2) is 16.1. The second-order valence-electron chi connectivity index (χ2n) is 8.13. The molecule has 5 nitrogen and oxygen atoms in total. The number of anilines is 1. The van der Waals surface area contributed by atoms with Crippen molar-refractivity contribution in [2.45, 2.75) is 71.6 Å². The van der Waals surface area contributed by atoms with Crippen LogP contribution in [-0.4, -0.2) is 24.2 Å². The molecule has 33 heavy (non-hydrogen) atoms. The summed E-state index contributed by atoms with van der Waals surface area (Å²) in [4.78, 5) is 12.5. The predicted octanol–water partition coefficient (Wildman–Crippen LogP) is 7.12. The predicted molar refractivity (Wildman–Crippen MR) is 140 cm³/mol. The first-order valence-corrected chi connectivity index (χ1v) is 12.6. The number of ether oxygens (including phenoxy) is 2. The minimum absolute atomic E-state index is 0.251. The molecule has 2 N–H and O–H groups in total. The molecule has 2 rings (SSSR count). The molecule has 0 heterocycles. The molecule has 0 spiro atoms. The molecular weight excluding hydrogens is 432 g/mol. The summed E-state index contributed by atoms with van der Waals surface area (Å²) in [7, 11) is 0. The third kappa shape index (κ3) is 11.2. The van der Waals surface area contributed by atoms with Crippen molar-refractivity contribution < 1.29 is 14.3 Å². The fourth-order valence-electron chi connectivity index (χ4n) is 3.29. The van der Waals surface area contributed by atoms with E-state index in [0.717, 1.165) is 36.6 Å². The number of benzene rings is 2. The Balaban J connectivity index is 1.70. The van der Waals surface area contributed by atoms with Crippen molar-refractivity contribution >= 4 is 28.9 Å². The summed E-state index contributed by atoms with van der Waals surface area (Å²) >= 11 is 5.28. The van der Waals surface area contributed by atoms with Crippen LogP contribution in [0.4, 0.5) is 5.69 Å². The van der Waals surface area contributed by atoms with Crippen molar-refractivity contribution in [2.24, 2.45) is 0 Å². The molecule has 0 saturated heterocycles. The minimum atomic E-state index is -0.259. The van der Waals surface area contributed by atoms with Gasteiger partial charge < -0.3 is 14.8 Å². The molecule has 2 aromatic carbocycles. The van der Waals surface area contributed by atoms with Crippen molar-refractivity contribution in [3.8, 4) is 11.5 Å². The molecular formula is C27H38N2O3S. The van der Waals surface area contributed by atoms with E-state index in [1.165, 1.54) is 44.9 Å². The average Bonchev–Trinajstić information content (AvgIpc) is 2.82. The van der Waals surface area contributed by atoms with Crippen LogP contribution in [0.1, 0.15) is 82.0 Å². The van der Waals surface area contributed by atoms with Gasteiger partial charge in [-0.2, -0.15) is 0 Å². The van der Waals surface area contributed by atoms with Gasteiger partial charge in [0.15, 0.2) is 5.11 Å². The van der Waals surface area contributed by atoms with E-state index in [4.69, 9.17) is 21.7 Å². The maximum absolute atomic E-state index is 12.5. The van der Waals surface area contributed by atoms with Gasteiger partial charge in [-0.15, -0.1) is 0 Å². The van der Waals surface area contributed by atoms with E-state index in [9.17, 15) is 4.79 Å². The van der Waals surface area contributed by atoms with Gasteiger partial charge in [0.2, 0.25) is 0 Å². The van der Waals surface area contributed by atoms with Crippen molar-refractivity contribution in [3.63, 3.8) is 0 Å². The lowest BCUT2D eigenvalue weighted by atomic mass is 10.2. The number of carbonyl (C=O) groups excluding carboxylic acids is 1. The maximum atomic E-state index is 12.5. The lowest BCUT2D eigenvalue weighted by Gasteiger charge is -2.11. The van der Waals surface area contributed by atoms with E-state index < -0.39 is 0 Å². The number of hydrogen-bond acceptors (Lipinski definition) is 4. The lowest BCUT2D eigenvalue weighted by molar-refractivity contribution is 0.0977. The molecule has 180 valence electrons. The van der Waals surface area contributed by atoms with Crippen molar-refractivity contribution in [1.29, 1.82) is 0 Å². The van der Waals surface area contributed by atoms with Crippen LogP contribution in [-0.2, 0) is 0 Å². The van der Waals surface area contributed by atoms with Gasteiger partial charge in [-0.3, -0.25) is 10.1 Å². The SMILES string of the molecule is CCCCCCCOc1ccc(C(=O)NC(=S)Nc2ccc(OCCCCCC)cc2)cc1. The zero-order valence-electron chi connectivity index (χ0n) is 20.0. The number of unbranched alkanes of at least 4 members (excludes halogenated alkanes) is 7. The first-order valence-electron chi connectivity index (χ1n) is 12.2. The molecule has 0 aliphatic heterocycles. The number of hydrogen-bond donors (Lipinski definition) is 2. The molecule has 0 unspecified atom stereocenters. The highest BCUT2D eigenvalue weighted by Crippen LogP contribution is 2.17. The highest BCUT2D eigenvalue weighted by Gasteiger charge is 2.08. The Kier molecular flexibility index (Phi) is 13.0. The quantitative estimate of drug-likeness (QED) is 0.214. The Hall–Kier alpha value is -2.60. The smallest absolute Gasteiger partial charge is 0.257 e. The molecule has 1 amide bonds. The fraction of sp³-hybridized carbons (Fsp3) is 0.481. The lowest BCUT2D eigenvalue weighted by Crippen LogP contribution is -2.34. The molecule has 0 saturated carbocycles. The molecule has 0 atom stereocenters. The van der Waals surface area contributed by atoms with Gasteiger partial charge >= 0.3 is 0 Å². The van der Waals surface area contributed by atoms with Crippen molar-refractivity contribution in [3.05, 3.63) is 54.1 Å². The highest BCUT2D eigenvalue weighted by molar-refractivity contribution is 7.80. The third-order valence-electron chi connectivity index (χ3n) is 5.24. The Morgan fingerprint density at radius 1 is 0.727 bits per heavy atom. The summed E-state index contributed by atoms with van der Waals surface area (Å²) in [6.45, 7) is 5.83. The number of amides is 1. The summed E-state index contributed by atoms with van der Waals surface area (Å²) in [6, 6.07) is 14.7. The Labute approximate surface area is 204 Å². The monoisotopic (exact) mass is 470 g/mol. The number of thiocarbonyl (C=S) groups is 1. The summed E-state index contributed by atoms with van der Waals surface area (Å²) in [5, 5.41) is 6.00. The van der Waals surface area contributed by atoms with E-state index in [0.29, 0.717) is 12.2 Å². The van der Waals surface area contributed by atoms with Crippen molar-refractivity contribution in [1.82, 2.24) is 5.32 Å². The summed E-state index contributed by atoms with van der Waals surface area (Å²) in [5.74, 6) is 1.34. The topological polar surface area (TPSA) is 59.6 Å². The van der Waals surface area contributed by atoms with E-state index in [-0.39, 0.29) is 11.0 Å². The maximum Gasteiger partial charge on any atom is 0.257 e. The van der Waals surface area contributed by atoms with E-state index in [2.05, 4.69) is 24.5 Å². The van der Waals surface area contributed by atoms with Crippen LogP contribution in [0, 0.1) is 0 Å². The number of rotatable bonds is 15. The first-order chi connectivity index (χ1) is 16.1. The van der Waals surface area contributed by atoms with Crippen LogP contribution >= 0.6 is 12.2 Å². The van der Waals surface area contributed by atoms with Crippen LogP contribution in [0.3, 0.4) is 0 Å². The second-order valence-corrected chi connectivity index (χ2v) is 8.54. The zero-order valence-corrected chi connectivity index (χ0v) is 20.8. The Morgan fingerprint density at radius 3 is 1.76 bits per heavy atom. The van der Waals surface area contributed by atoms with Crippen LogP contribution < -0.4 is 20.1 Å². The van der Waals surface area contributed by atoms with Crippen LogP contribution in [0.2, 0.25) is 0 Å². The summed E-state index contributed by atoms with van der Waals surface area (Å²) in [5.41, 5.74) is 1.32. The summed E-state index contributed by atoms with van der Waals surface area (Å²) in [6.07, 6.45) is 10.7. The van der Waals surface area contributed by atoms with Crippen LogP contribution in [0.5, 0.6) is 11.5 Å². The van der Waals surface area contributed by atoms with Gasteiger partial charge in [0, 0.05) is 11.3 Å². The molecule has 0 aliphatic carbocycles. The normalized spacial score (nSPS) is 10.5. The molecule has 0 bridgehead atoms.